The van der Waals surface area contributed by atoms with Crippen LogP contribution in [0.4, 0.5) is 0 Å². The van der Waals surface area contributed by atoms with Crippen LogP contribution in [0.5, 0.6) is 0 Å². The Morgan fingerprint density at radius 2 is 1.62 bits per heavy atom. The Hall–Kier alpha value is -1.73. The van der Waals surface area contributed by atoms with Crippen LogP contribution in [0.15, 0.2) is 23.4 Å². The SMILES string of the molecule is [C-]#[N+]C1=C[C@]2(C)C3=CC(=O)[C@]4(O)C5CC(C)(C)CCC5CC[C@@]4(C)[C@]3(C)CC[C@H]2C(C)(C)C1=O. The van der Waals surface area contributed by atoms with Crippen molar-refractivity contribution in [3.63, 3.8) is 0 Å². The summed E-state index contributed by atoms with van der Waals surface area (Å²) in [6, 6.07) is 0. The van der Waals surface area contributed by atoms with Gasteiger partial charge in [-0.3, -0.25) is 4.79 Å². The Kier molecular flexibility index (Phi) is 4.74. The molecule has 0 aromatic heterocycles. The molecule has 0 aromatic rings. The van der Waals surface area contributed by atoms with Gasteiger partial charge in [0.15, 0.2) is 11.6 Å². The number of fused-ring (bicyclic) bond motifs is 7. The van der Waals surface area contributed by atoms with Gasteiger partial charge in [-0.05, 0) is 79.6 Å². The fourth-order valence-corrected chi connectivity index (χ4v) is 9.69. The minimum Gasteiger partial charge on any atom is -0.381 e. The number of aliphatic hydroxyl groups is 1. The minimum atomic E-state index is -1.36. The number of carbonyl (C=O) groups is 2. The van der Waals surface area contributed by atoms with Gasteiger partial charge in [-0.2, -0.15) is 0 Å². The molecule has 5 aliphatic rings. The van der Waals surface area contributed by atoms with Crippen LogP contribution in [0.3, 0.4) is 0 Å². The summed E-state index contributed by atoms with van der Waals surface area (Å²) in [7, 11) is 0. The van der Waals surface area contributed by atoms with Crippen molar-refractivity contribution < 1.29 is 14.7 Å². The smallest absolute Gasteiger partial charge is 0.226 e. The summed E-state index contributed by atoms with van der Waals surface area (Å²) < 4.78 is 0. The van der Waals surface area contributed by atoms with Gasteiger partial charge in [0, 0.05) is 16.2 Å². The monoisotopic (exact) mass is 463 g/mol. The van der Waals surface area contributed by atoms with Crippen molar-refractivity contribution in [2.45, 2.75) is 99.0 Å². The van der Waals surface area contributed by atoms with E-state index < -0.39 is 21.8 Å². The summed E-state index contributed by atoms with van der Waals surface area (Å²) in [5, 5.41) is 12.6. The predicted octanol–water partition coefficient (Wildman–Crippen LogP) is 6.30. The summed E-state index contributed by atoms with van der Waals surface area (Å²) in [5.74, 6) is 0.208. The normalized spacial score (nSPS) is 48.9. The molecule has 5 rings (SSSR count). The molecule has 0 aromatic carbocycles. The van der Waals surface area contributed by atoms with Crippen molar-refractivity contribution in [2.75, 3.05) is 0 Å². The molecule has 4 nitrogen and oxygen atoms in total. The standard InChI is InChI=1S/C30H41NO3/c1-25(2)12-9-18-10-14-29(7)28(6)13-11-21-26(3,4)24(33)20(31-8)17-27(21,5)22(28)15-23(32)30(29,34)19(18)16-25/h15,17-19,21,34H,9-14,16H2,1-7H3/t18?,19?,21-,27-,28+,29-,30+/m0/s1. The van der Waals surface area contributed by atoms with Gasteiger partial charge < -0.3 is 9.90 Å². The van der Waals surface area contributed by atoms with Crippen molar-refractivity contribution in [1.82, 2.24) is 0 Å². The van der Waals surface area contributed by atoms with E-state index in [-0.39, 0.29) is 39.9 Å². The fourth-order valence-electron chi connectivity index (χ4n) is 9.69. The van der Waals surface area contributed by atoms with E-state index in [0.29, 0.717) is 5.92 Å². The lowest BCUT2D eigenvalue weighted by Crippen LogP contribution is -2.72. The molecule has 1 N–H and O–H groups in total. The van der Waals surface area contributed by atoms with E-state index in [0.717, 1.165) is 50.5 Å². The molecule has 0 radical (unpaired) electrons. The zero-order chi connectivity index (χ0) is 25.1. The topological polar surface area (TPSA) is 58.7 Å². The maximum absolute atomic E-state index is 14.1. The van der Waals surface area contributed by atoms with Crippen LogP contribution in [-0.2, 0) is 9.59 Å². The van der Waals surface area contributed by atoms with Gasteiger partial charge in [0.05, 0.1) is 6.57 Å². The molecular weight excluding hydrogens is 422 g/mol. The summed E-state index contributed by atoms with van der Waals surface area (Å²) in [6.07, 6.45) is 10.4. The van der Waals surface area contributed by atoms with Crippen LogP contribution in [0.1, 0.15) is 93.4 Å². The third-order valence-corrected chi connectivity index (χ3v) is 11.9. The zero-order valence-corrected chi connectivity index (χ0v) is 22.0. The number of hydrogen-bond acceptors (Lipinski definition) is 3. The predicted molar refractivity (Wildman–Crippen MR) is 132 cm³/mol. The van der Waals surface area contributed by atoms with Gasteiger partial charge in [-0.25, -0.2) is 4.85 Å². The first-order valence-corrected chi connectivity index (χ1v) is 13.2. The third kappa shape index (κ3) is 2.58. The number of allylic oxidation sites excluding steroid dienone is 3. The summed E-state index contributed by atoms with van der Waals surface area (Å²) in [5.41, 5.74) is -2.13. The summed E-state index contributed by atoms with van der Waals surface area (Å²) >= 11 is 0. The van der Waals surface area contributed by atoms with Crippen molar-refractivity contribution in [3.05, 3.63) is 34.8 Å². The van der Waals surface area contributed by atoms with Gasteiger partial charge in [0.2, 0.25) is 5.70 Å². The summed E-state index contributed by atoms with van der Waals surface area (Å²) in [4.78, 5) is 30.9. The number of hydrogen-bond donors (Lipinski definition) is 1. The Labute approximate surface area is 205 Å². The van der Waals surface area contributed by atoms with Crippen LogP contribution in [0.2, 0.25) is 0 Å². The first-order chi connectivity index (χ1) is 15.6. The molecule has 4 heteroatoms. The molecule has 7 atom stereocenters. The fraction of sp³-hybridized carbons (Fsp3) is 0.767. The molecular formula is C30H41NO3. The number of carbonyl (C=O) groups excluding carboxylic acids is 2. The first kappa shape index (κ1) is 24.0. The van der Waals surface area contributed by atoms with Crippen LogP contribution < -0.4 is 0 Å². The molecule has 2 unspecified atom stereocenters. The lowest BCUT2D eigenvalue weighted by Gasteiger charge is -2.70. The molecule has 5 aliphatic carbocycles. The molecule has 34 heavy (non-hydrogen) atoms. The van der Waals surface area contributed by atoms with Gasteiger partial charge in [0.1, 0.15) is 5.60 Å². The van der Waals surface area contributed by atoms with Crippen LogP contribution in [-0.4, -0.2) is 22.3 Å². The highest BCUT2D eigenvalue weighted by molar-refractivity contribution is 6.04. The highest BCUT2D eigenvalue weighted by atomic mass is 16.3. The maximum Gasteiger partial charge on any atom is 0.226 e. The van der Waals surface area contributed by atoms with E-state index in [1.54, 1.807) is 6.08 Å². The molecule has 184 valence electrons. The van der Waals surface area contributed by atoms with Gasteiger partial charge in [0.25, 0.3) is 0 Å². The maximum atomic E-state index is 14.1. The number of rotatable bonds is 0. The van der Waals surface area contributed by atoms with Crippen LogP contribution in [0, 0.1) is 51.4 Å². The van der Waals surface area contributed by atoms with Gasteiger partial charge >= 0.3 is 0 Å². The van der Waals surface area contributed by atoms with Crippen LogP contribution in [0.25, 0.3) is 4.85 Å². The average Bonchev–Trinajstić information content (AvgIpc) is 2.75. The van der Waals surface area contributed by atoms with Crippen molar-refractivity contribution >= 4 is 11.6 Å². The Morgan fingerprint density at radius 1 is 0.971 bits per heavy atom. The zero-order valence-electron chi connectivity index (χ0n) is 22.0. The van der Waals surface area contributed by atoms with E-state index in [4.69, 9.17) is 6.57 Å². The molecule has 0 saturated heterocycles. The Balaban J connectivity index is 1.72. The molecule has 3 fully saturated rings. The highest BCUT2D eigenvalue weighted by Crippen LogP contribution is 2.73. The lowest BCUT2D eigenvalue weighted by atomic mass is 9.34. The van der Waals surface area contributed by atoms with E-state index in [9.17, 15) is 14.7 Å². The van der Waals surface area contributed by atoms with Gasteiger partial charge in [-0.1, -0.05) is 60.1 Å². The second-order valence-corrected chi connectivity index (χ2v) is 14.2. The number of Topliss-reactive ketones (excluding diaryl/α,β-unsaturated/α-hetero) is 1. The quantitative estimate of drug-likeness (QED) is 0.429. The molecule has 0 amide bonds. The van der Waals surface area contributed by atoms with Crippen molar-refractivity contribution in [1.29, 1.82) is 0 Å². The van der Waals surface area contributed by atoms with E-state index in [2.05, 4.69) is 39.5 Å². The lowest BCUT2D eigenvalue weighted by molar-refractivity contribution is -0.225. The number of nitrogens with zero attached hydrogens (tertiary/aromatic N) is 1. The third-order valence-electron chi connectivity index (χ3n) is 11.9. The second-order valence-electron chi connectivity index (χ2n) is 14.2. The summed E-state index contributed by atoms with van der Waals surface area (Å²) in [6.45, 7) is 22.8. The molecule has 3 saturated carbocycles. The minimum absolute atomic E-state index is 0.0126. The average molecular weight is 464 g/mol. The molecule has 0 bridgehead atoms. The molecule has 0 heterocycles. The van der Waals surface area contributed by atoms with Crippen molar-refractivity contribution in [2.24, 2.45) is 44.8 Å². The van der Waals surface area contributed by atoms with Crippen molar-refractivity contribution in [3.8, 4) is 0 Å². The van der Waals surface area contributed by atoms with E-state index >= 15 is 0 Å². The largest absolute Gasteiger partial charge is 0.381 e. The Bertz CT molecular complexity index is 1090. The van der Waals surface area contributed by atoms with Gasteiger partial charge in [-0.15, -0.1) is 0 Å². The highest BCUT2D eigenvalue weighted by Gasteiger charge is 2.73. The van der Waals surface area contributed by atoms with E-state index in [1.807, 2.05) is 19.9 Å². The first-order valence-electron chi connectivity index (χ1n) is 13.2. The van der Waals surface area contributed by atoms with E-state index in [1.165, 1.54) is 0 Å². The second kappa shape index (κ2) is 6.73. The molecule has 0 aliphatic heterocycles. The Morgan fingerprint density at radius 3 is 2.26 bits per heavy atom. The number of ketones is 2. The van der Waals surface area contributed by atoms with Crippen LogP contribution >= 0.6 is 0 Å². The molecule has 0 spiro atoms.